The van der Waals surface area contributed by atoms with Gasteiger partial charge >= 0.3 is 0 Å². The first-order valence-corrected chi connectivity index (χ1v) is 7.17. The summed E-state index contributed by atoms with van der Waals surface area (Å²) in [5, 5.41) is 0. The Kier molecular flexibility index (Phi) is 5.13. The summed E-state index contributed by atoms with van der Waals surface area (Å²) in [5.41, 5.74) is 2.13. The van der Waals surface area contributed by atoms with Crippen molar-refractivity contribution >= 4 is 27.9 Å². The number of likely N-dealkylation sites (N-methyl/N-ethyl adjacent to an activating group) is 1. The van der Waals surface area contributed by atoms with E-state index in [1.54, 1.807) is 18.0 Å². The summed E-state index contributed by atoms with van der Waals surface area (Å²) in [6, 6.07) is 17.8. The summed E-state index contributed by atoms with van der Waals surface area (Å²) in [7, 11) is 1.81. The van der Waals surface area contributed by atoms with Crippen molar-refractivity contribution in [2.45, 2.75) is 6.54 Å². The van der Waals surface area contributed by atoms with Crippen molar-refractivity contribution in [3.8, 4) is 0 Å². The Bertz CT molecular complexity index is 590. The molecule has 0 saturated carbocycles. The predicted octanol–water partition coefficient (Wildman–Crippen LogP) is 4.12. The molecule has 0 aromatic heterocycles. The molecule has 0 atom stereocenters. The van der Waals surface area contributed by atoms with E-state index >= 15 is 0 Å². The van der Waals surface area contributed by atoms with Gasteiger partial charge in [-0.1, -0.05) is 58.4 Å². The van der Waals surface area contributed by atoms with Crippen LogP contribution in [0.2, 0.25) is 0 Å². The molecule has 0 unspecified atom stereocenters. The van der Waals surface area contributed by atoms with Crippen LogP contribution in [0.3, 0.4) is 0 Å². The lowest BCUT2D eigenvalue weighted by molar-refractivity contribution is -0.125. The Morgan fingerprint density at radius 2 is 1.75 bits per heavy atom. The molecular weight excluding hydrogens is 314 g/mol. The molecule has 0 N–H and O–H groups in total. The largest absolute Gasteiger partial charge is 0.338 e. The predicted molar refractivity (Wildman–Crippen MR) is 86.1 cm³/mol. The lowest BCUT2D eigenvalue weighted by Crippen LogP contribution is -2.24. The molecular formula is C17H16BrNO. The van der Waals surface area contributed by atoms with Crippen molar-refractivity contribution < 1.29 is 4.79 Å². The maximum Gasteiger partial charge on any atom is 0.246 e. The van der Waals surface area contributed by atoms with Crippen molar-refractivity contribution in [1.29, 1.82) is 0 Å². The standard InChI is InChI=1S/C17H16BrNO/c1-19(13-15-7-10-16(18)11-8-15)17(20)12-9-14-5-3-2-4-6-14/h2-12H,13H2,1H3. The highest BCUT2D eigenvalue weighted by atomic mass is 79.9. The van der Waals surface area contributed by atoms with Gasteiger partial charge in [-0.05, 0) is 29.3 Å². The maximum atomic E-state index is 12.0. The number of nitrogens with zero attached hydrogens (tertiary/aromatic N) is 1. The minimum atomic E-state index is -0.00299. The lowest BCUT2D eigenvalue weighted by atomic mass is 10.2. The van der Waals surface area contributed by atoms with E-state index in [0.717, 1.165) is 15.6 Å². The highest BCUT2D eigenvalue weighted by molar-refractivity contribution is 9.10. The number of hydrogen-bond acceptors (Lipinski definition) is 1. The molecule has 0 heterocycles. The van der Waals surface area contributed by atoms with E-state index in [-0.39, 0.29) is 5.91 Å². The second kappa shape index (κ2) is 7.06. The van der Waals surface area contributed by atoms with Crippen molar-refractivity contribution in [2.75, 3.05) is 7.05 Å². The minimum absolute atomic E-state index is 0.00299. The van der Waals surface area contributed by atoms with Crippen LogP contribution < -0.4 is 0 Å². The van der Waals surface area contributed by atoms with Gasteiger partial charge in [0.15, 0.2) is 0 Å². The number of halogens is 1. The van der Waals surface area contributed by atoms with Crippen LogP contribution in [0, 0.1) is 0 Å². The Labute approximate surface area is 127 Å². The molecule has 0 aliphatic heterocycles. The number of rotatable bonds is 4. The highest BCUT2D eigenvalue weighted by Crippen LogP contribution is 2.12. The molecule has 102 valence electrons. The monoisotopic (exact) mass is 329 g/mol. The van der Waals surface area contributed by atoms with Gasteiger partial charge in [0.05, 0.1) is 0 Å². The molecule has 0 aliphatic rings. The number of benzene rings is 2. The first-order valence-electron chi connectivity index (χ1n) is 6.38. The molecule has 1 amide bonds. The number of carbonyl (C=O) groups is 1. The second-order valence-corrected chi connectivity index (χ2v) is 5.48. The van der Waals surface area contributed by atoms with Gasteiger partial charge in [0, 0.05) is 24.1 Å². The van der Waals surface area contributed by atoms with E-state index in [0.29, 0.717) is 6.54 Å². The van der Waals surface area contributed by atoms with Gasteiger partial charge in [-0.25, -0.2) is 0 Å². The van der Waals surface area contributed by atoms with Crippen LogP contribution in [0.4, 0.5) is 0 Å². The van der Waals surface area contributed by atoms with Crippen LogP contribution in [0.1, 0.15) is 11.1 Å². The summed E-state index contributed by atoms with van der Waals surface area (Å²) in [5.74, 6) is -0.00299. The van der Waals surface area contributed by atoms with Crippen LogP contribution in [0.25, 0.3) is 6.08 Å². The van der Waals surface area contributed by atoms with E-state index in [2.05, 4.69) is 15.9 Å². The van der Waals surface area contributed by atoms with Gasteiger partial charge in [0.2, 0.25) is 5.91 Å². The zero-order chi connectivity index (χ0) is 14.4. The Morgan fingerprint density at radius 3 is 2.40 bits per heavy atom. The first kappa shape index (κ1) is 14.5. The van der Waals surface area contributed by atoms with E-state index in [1.807, 2.05) is 60.7 Å². The zero-order valence-corrected chi connectivity index (χ0v) is 12.9. The fraction of sp³-hybridized carbons (Fsp3) is 0.118. The summed E-state index contributed by atoms with van der Waals surface area (Å²) in [6.45, 7) is 0.602. The van der Waals surface area contributed by atoms with E-state index in [1.165, 1.54) is 0 Å². The molecule has 2 aromatic rings. The number of amides is 1. The average molecular weight is 330 g/mol. The van der Waals surface area contributed by atoms with Crippen molar-refractivity contribution in [3.05, 3.63) is 76.3 Å². The SMILES string of the molecule is CN(Cc1ccc(Br)cc1)C(=O)C=Cc1ccccc1. The van der Waals surface area contributed by atoms with E-state index < -0.39 is 0 Å². The lowest BCUT2D eigenvalue weighted by Gasteiger charge is -2.15. The Hall–Kier alpha value is -1.87. The molecule has 0 aliphatic carbocycles. The quantitative estimate of drug-likeness (QED) is 0.772. The van der Waals surface area contributed by atoms with Gasteiger partial charge in [-0.3, -0.25) is 4.79 Å². The molecule has 2 aromatic carbocycles. The molecule has 0 saturated heterocycles. The fourth-order valence-electron chi connectivity index (χ4n) is 1.80. The highest BCUT2D eigenvalue weighted by Gasteiger charge is 2.05. The molecule has 20 heavy (non-hydrogen) atoms. The number of carbonyl (C=O) groups excluding carboxylic acids is 1. The molecule has 2 rings (SSSR count). The minimum Gasteiger partial charge on any atom is -0.338 e. The summed E-state index contributed by atoms with van der Waals surface area (Å²) in [4.78, 5) is 13.7. The molecule has 0 radical (unpaired) electrons. The molecule has 0 fully saturated rings. The van der Waals surface area contributed by atoms with Crippen molar-refractivity contribution in [1.82, 2.24) is 4.90 Å². The third-order valence-electron chi connectivity index (χ3n) is 2.93. The van der Waals surface area contributed by atoms with Crippen LogP contribution in [-0.2, 0) is 11.3 Å². The van der Waals surface area contributed by atoms with Gasteiger partial charge < -0.3 is 4.90 Å². The molecule has 0 bridgehead atoms. The first-order chi connectivity index (χ1) is 9.65. The second-order valence-electron chi connectivity index (χ2n) is 4.56. The molecule has 2 nitrogen and oxygen atoms in total. The Morgan fingerprint density at radius 1 is 1.10 bits per heavy atom. The molecule has 0 spiro atoms. The van der Waals surface area contributed by atoms with Crippen LogP contribution in [0.15, 0.2) is 65.1 Å². The van der Waals surface area contributed by atoms with Crippen molar-refractivity contribution in [2.24, 2.45) is 0 Å². The Balaban J connectivity index is 1.95. The summed E-state index contributed by atoms with van der Waals surface area (Å²) in [6.07, 6.45) is 3.44. The van der Waals surface area contributed by atoms with Crippen LogP contribution in [0.5, 0.6) is 0 Å². The third-order valence-corrected chi connectivity index (χ3v) is 3.46. The van der Waals surface area contributed by atoms with Crippen LogP contribution in [-0.4, -0.2) is 17.9 Å². The topological polar surface area (TPSA) is 20.3 Å². The zero-order valence-electron chi connectivity index (χ0n) is 11.3. The van der Waals surface area contributed by atoms with E-state index in [4.69, 9.17) is 0 Å². The smallest absolute Gasteiger partial charge is 0.246 e. The van der Waals surface area contributed by atoms with Crippen LogP contribution >= 0.6 is 15.9 Å². The fourth-order valence-corrected chi connectivity index (χ4v) is 2.06. The summed E-state index contributed by atoms with van der Waals surface area (Å²) < 4.78 is 1.04. The average Bonchev–Trinajstić information content (AvgIpc) is 2.48. The normalized spacial score (nSPS) is 10.7. The van der Waals surface area contributed by atoms with Gasteiger partial charge in [0.25, 0.3) is 0 Å². The summed E-state index contributed by atoms with van der Waals surface area (Å²) >= 11 is 3.40. The maximum absolute atomic E-state index is 12.0. The van der Waals surface area contributed by atoms with Gasteiger partial charge in [0.1, 0.15) is 0 Å². The molecule has 3 heteroatoms. The van der Waals surface area contributed by atoms with Crippen molar-refractivity contribution in [3.63, 3.8) is 0 Å². The third kappa shape index (κ3) is 4.35. The van der Waals surface area contributed by atoms with Gasteiger partial charge in [-0.2, -0.15) is 0 Å². The van der Waals surface area contributed by atoms with E-state index in [9.17, 15) is 4.79 Å². The number of hydrogen-bond donors (Lipinski definition) is 0. The van der Waals surface area contributed by atoms with Gasteiger partial charge in [-0.15, -0.1) is 0 Å².